The lowest BCUT2D eigenvalue weighted by molar-refractivity contribution is 0.0692. The molecule has 0 aliphatic rings. The molecule has 3 nitrogen and oxygen atoms in total. The first-order valence-electron chi connectivity index (χ1n) is 5.35. The fraction of sp³-hybridized carbons (Fsp3) is 0.0714. The first-order valence-corrected chi connectivity index (χ1v) is 5.35. The van der Waals surface area contributed by atoms with Gasteiger partial charge in [0, 0.05) is 0 Å². The van der Waals surface area contributed by atoms with Gasteiger partial charge in [0.1, 0.15) is 5.82 Å². The van der Waals surface area contributed by atoms with Crippen LogP contribution in [-0.4, -0.2) is 16.2 Å². The van der Waals surface area contributed by atoms with E-state index in [0.29, 0.717) is 11.1 Å². The van der Waals surface area contributed by atoms with E-state index in [1.807, 2.05) is 0 Å². The van der Waals surface area contributed by atoms with Crippen molar-refractivity contribution in [2.24, 2.45) is 0 Å². The highest BCUT2D eigenvalue weighted by Gasteiger charge is 2.11. The van der Waals surface area contributed by atoms with Crippen molar-refractivity contribution in [3.05, 3.63) is 59.4 Å². The second-order valence-corrected chi connectivity index (χ2v) is 3.86. The molecule has 92 valence electrons. The molecule has 0 heterocycles. The molecule has 0 radical (unpaired) electrons. The maximum atomic E-state index is 13.3. The topological polar surface area (TPSA) is 57.5 Å². The molecule has 2 aromatic carbocycles. The van der Waals surface area contributed by atoms with Crippen LogP contribution in [0.4, 0.5) is 4.39 Å². The van der Waals surface area contributed by atoms with Crippen molar-refractivity contribution in [3.63, 3.8) is 0 Å². The molecule has 0 spiro atoms. The van der Waals surface area contributed by atoms with E-state index >= 15 is 0 Å². The maximum Gasteiger partial charge on any atom is 0.338 e. The summed E-state index contributed by atoms with van der Waals surface area (Å²) in [4.78, 5) is 10.8. The van der Waals surface area contributed by atoms with Gasteiger partial charge in [0.05, 0.1) is 12.2 Å². The summed E-state index contributed by atoms with van der Waals surface area (Å²) in [6, 6.07) is 10.9. The van der Waals surface area contributed by atoms with Gasteiger partial charge in [-0.2, -0.15) is 0 Å². The van der Waals surface area contributed by atoms with Crippen LogP contribution < -0.4 is 0 Å². The van der Waals surface area contributed by atoms with E-state index < -0.39 is 11.8 Å². The predicted octanol–water partition coefficient (Wildman–Crippen LogP) is 2.68. The summed E-state index contributed by atoms with van der Waals surface area (Å²) >= 11 is 0. The summed E-state index contributed by atoms with van der Waals surface area (Å²) in [5.74, 6) is -2.06. The van der Waals surface area contributed by atoms with Crippen molar-refractivity contribution in [2.45, 2.75) is 6.61 Å². The summed E-state index contributed by atoms with van der Waals surface area (Å²) in [7, 11) is 0. The summed E-state index contributed by atoms with van der Waals surface area (Å²) in [6.07, 6.45) is 0. The number of rotatable bonds is 3. The van der Waals surface area contributed by atoms with Crippen molar-refractivity contribution < 1.29 is 19.4 Å². The van der Waals surface area contributed by atoms with Crippen molar-refractivity contribution in [1.29, 1.82) is 0 Å². The van der Waals surface area contributed by atoms with Gasteiger partial charge in [-0.25, -0.2) is 9.18 Å². The van der Waals surface area contributed by atoms with Gasteiger partial charge in [-0.3, -0.25) is 0 Å². The molecule has 0 unspecified atom stereocenters. The SMILES string of the molecule is O=C(O)c1cc(-c2cccc(CO)c2)ccc1F. The van der Waals surface area contributed by atoms with Gasteiger partial charge in [-0.15, -0.1) is 0 Å². The number of aliphatic hydroxyl groups excluding tert-OH is 1. The molecule has 4 heteroatoms. The van der Waals surface area contributed by atoms with Gasteiger partial charge in [0.25, 0.3) is 0 Å². The molecule has 0 fully saturated rings. The predicted molar refractivity (Wildman–Crippen MR) is 64.7 cm³/mol. The highest BCUT2D eigenvalue weighted by atomic mass is 19.1. The Bertz CT molecular complexity index is 593. The zero-order valence-electron chi connectivity index (χ0n) is 9.43. The highest BCUT2D eigenvalue weighted by Crippen LogP contribution is 2.23. The van der Waals surface area contributed by atoms with Gasteiger partial charge in [-0.05, 0) is 34.9 Å². The van der Waals surface area contributed by atoms with E-state index in [4.69, 9.17) is 10.2 Å². The van der Waals surface area contributed by atoms with Crippen LogP contribution in [0, 0.1) is 5.82 Å². The molecule has 0 bridgehead atoms. The summed E-state index contributed by atoms with van der Waals surface area (Å²) in [5.41, 5.74) is 1.70. The molecule has 0 saturated carbocycles. The number of aromatic carboxylic acids is 1. The second kappa shape index (κ2) is 4.98. The molecular weight excluding hydrogens is 235 g/mol. The molecular formula is C14H11FO3. The van der Waals surface area contributed by atoms with Gasteiger partial charge in [0.15, 0.2) is 0 Å². The third kappa shape index (κ3) is 2.38. The molecule has 0 amide bonds. The summed E-state index contributed by atoms with van der Waals surface area (Å²) in [5, 5.41) is 17.9. The lowest BCUT2D eigenvalue weighted by Gasteiger charge is -2.05. The van der Waals surface area contributed by atoms with Crippen LogP contribution in [0.1, 0.15) is 15.9 Å². The van der Waals surface area contributed by atoms with E-state index in [9.17, 15) is 9.18 Å². The lowest BCUT2D eigenvalue weighted by Crippen LogP contribution is -2.00. The number of carbonyl (C=O) groups is 1. The zero-order valence-corrected chi connectivity index (χ0v) is 9.43. The number of halogens is 1. The Hall–Kier alpha value is -2.20. The molecule has 0 aliphatic heterocycles. The second-order valence-electron chi connectivity index (χ2n) is 3.86. The maximum absolute atomic E-state index is 13.3. The monoisotopic (exact) mass is 246 g/mol. The third-order valence-electron chi connectivity index (χ3n) is 2.64. The average Bonchev–Trinajstić information content (AvgIpc) is 2.39. The number of hydrogen-bond acceptors (Lipinski definition) is 2. The molecule has 0 aliphatic carbocycles. The van der Waals surface area contributed by atoms with Crippen LogP contribution in [0.15, 0.2) is 42.5 Å². The van der Waals surface area contributed by atoms with Gasteiger partial charge >= 0.3 is 5.97 Å². The Morgan fingerprint density at radius 3 is 2.50 bits per heavy atom. The molecule has 0 saturated heterocycles. The number of aliphatic hydroxyl groups is 1. The summed E-state index contributed by atoms with van der Waals surface area (Å²) < 4.78 is 13.3. The number of carboxylic acid groups (broad SMARTS) is 1. The molecule has 2 aromatic rings. The van der Waals surface area contributed by atoms with Crippen LogP contribution in [0.2, 0.25) is 0 Å². The van der Waals surface area contributed by atoms with Gasteiger partial charge in [0.2, 0.25) is 0 Å². The molecule has 0 aromatic heterocycles. The minimum absolute atomic E-state index is 0.0964. The Morgan fingerprint density at radius 2 is 1.83 bits per heavy atom. The number of carboxylic acids is 1. The van der Waals surface area contributed by atoms with Crippen LogP contribution >= 0.6 is 0 Å². The summed E-state index contributed by atoms with van der Waals surface area (Å²) in [6.45, 7) is -0.0964. The Morgan fingerprint density at radius 1 is 1.11 bits per heavy atom. The minimum atomic E-state index is -1.30. The van der Waals surface area contributed by atoms with Crippen LogP contribution in [0.25, 0.3) is 11.1 Å². The standard InChI is InChI=1S/C14H11FO3/c15-13-5-4-11(7-12(13)14(17)18)10-3-1-2-9(6-10)8-16/h1-7,16H,8H2,(H,17,18). The third-order valence-corrected chi connectivity index (χ3v) is 2.64. The Balaban J connectivity index is 2.50. The van der Waals surface area contributed by atoms with Crippen molar-refractivity contribution in [3.8, 4) is 11.1 Å². The van der Waals surface area contributed by atoms with Crippen molar-refractivity contribution in [2.75, 3.05) is 0 Å². The van der Waals surface area contributed by atoms with Crippen molar-refractivity contribution in [1.82, 2.24) is 0 Å². The fourth-order valence-corrected chi connectivity index (χ4v) is 1.72. The fourth-order valence-electron chi connectivity index (χ4n) is 1.72. The molecule has 18 heavy (non-hydrogen) atoms. The smallest absolute Gasteiger partial charge is 0.338 e. The van der Waals surface area contributed by atoms with E-state index in [2.05, 4.69) is 0 Å². The number of benzene rings is 2. The van der Waals surface area contributed by atoms with E-state index in [1.165, 1.54) is 12.1 Å². The molecule has 2 rings (SSSR count). The lowest BCUT2D eigenvalue weighted by atomic mass is 10.0. The van der Waals surface area contributed by atoms with Gasteiger partial charge < -0.3 is 10.2 Å². The first kappa shape index (κ1) is 12.3. The average molecular weight is 246 g/mol. The van der Waals surface area contributed by atoms with Crippen LogP contribution in [-0.2, 0) is 6.61 Å². The van der Waals surface area contributed by atoms with Crippen molar-refractivity contribution >= 4 is 5.97 Å². The van der Waals surface area contributed by atoms with Crippen LogP contribution in [0.5, 0.6) is 0 Å². The minimum Gasteiger partial charge on any atom is -0.478 e. The molecule has 0 atom stereocenters. The van der Waals surface area contributed by atoms with E-state index in [0.717, 1.165) is 11.6 Å². The first-order chi connectivity index (χ1) is 8.61. The Kier molecular flexibility index (Phi) is 3.39. The highest BCUT2D eigenvalue weighted by molar-refractivity contribution is 5.89. The normalized spacial score (nSPS) is 10.3. The van der Waals surface area contributed by atoms with E-state index in [1.54, 1.807) is 24.3 Å². The Labute approximate surface area is 103 Å². The van der Waals surface area contributed by atoms with Crippen LogP contribution in [0.3, 0.4) is 0 Å². The quantitative estimate of drug-likeness (QED) is 0.875. The zero-order chi connectivity index (χ0) is 13.1. The number of hydrogen-bond donors (Lipinski definition) is 2. The van der Waals surface area contributed by atoms with Gasteiger partial charge in [-0.1, -0.05) is 24.3 Å². The molecule has 2 N–H and O–H groups in total. The largest absolute Gasteiger partial charge is 0.478 e. The van der Waals surface area contributed by atoms with E-state index in [-0.39, 0.29) is 12.2 Å².